The van der Waals surface area contributed by atoms with Gasteiger partial charge in [-0.25, -0.2) is 4.98 Å². The minimum atomic E-state index is 0.697. The molecule has 4 heteroatoms. The van der Waals surface area contributed by atoms with Crippen LogP contribution in [0.1, 0.15) is 12.0 Å². The summed E-state index contributed by atoms with van der Waals surface area (Å²) in [5, 5.41) is 4.38. The molecule has 0 unspecified atom stereocenters. The zero-order valence-corrected chi connectivity index (χ0v) is 12.5. The number of para-hydroxylation sites is 1. The molecule has 1 heterocycles. The molecule has 20 heavy (non-hydrogen) atoms. The molecule has 0 bridgehead atoms. The van der Waals surface area contributed by atoms with Gasteiger partial charge in [0.15, 0.2) is 0 Å². The van der Waals surface area contributed by atoms with E-state index in [1.54, 1.807) is 0 Å². The number of pyridine rings is 1. The third-order valence-electron chi connectivity index (χ3n) is 3.15. The van der Waals surface area contributed by atoms with Crippen molar-refractivity contribution >= 4 is 10.9 Å². The summed E-state index contributed by atoms with van der Waals surface area (Å²) in [4.78, 5) is 6.73. The van der Waals surface area contributed by atoms with Gasteiger partial charge in [0, 0.05) is 24.5 Å². The van der Waals surface area contributed by atoms with Crippen LogP contribution in [0.3, 0.4) is 0 Å². The first kappa shape index (κ1) is 14.8. The van der Waals surface area contributed by atoms with Crippen LogP contribution in [-0.2, 0) is 6.54 Å². The van der Waals surface area contributed by atoms with E-state index < -0.39 is 0 Å². The Morgan fingerprint density at radius 3 is 2.80 bits per heavy atom. The fourth-order valence-corrected chi connectivity index (χ4v) is 2.19. The highest BCUT2D eigenvalue weighted by Gasteiger charge is 2.05. The number of benzene rings is 1. The first-order valence-electron chi connectivity index (χ1n) is 7.01. The molecular formula is C16H23N3O. The number of nitrogens with zero attached hydrogens (tertiary/aromatic N) is 2. The summed E-state index contributed by atoms with van der Waals surface area (Å²) in [7, 11) is 6.09. The summed E-state index contributed by atoms with van der Waals surface area (Å²) in [6, 6.07) is 10.2. The highest BCUT2D eigenvalue weighted by Crippen LogP contribution is 2.22. The number of nitrogens with one attached hydrogen (secondary N) is 1. The Kier molecular flexibility index (Phi) is 5.32. The Balaban J connectivity index is 2.13. The summed E-state index contributed by atoms with van der Waals surface area (Å²) in [6.45, 7) is 2.54. The highest BCUT2D eigenvalue weighted by atomic mass is 16.5. The van der Waals surface area contributed by atoms with Crippen molar-refractivity contribution in [2.45, 2.75) is 13.0 Å². The molecule has 0 aliphatic carbocycles. The van der Waals surface area contributed by atoms with E-state index in [1.807, 2.05) is 31.3 Å². The van der Waals surface area contributed by atoms with E-state index in [4.69, 9.17) is 4.74 Å². The second kappa shape index (κ2) is 7.22. The molecule has 0 aliphatic heterocycles. The van der Waals surface area contributed by atoms with Gasteiger partial charge in [-0.3, -0.25) is 0 Å². The molecule has 4 nitrogen and oxygen atoms in total. The van der Waals surface area contributed by atoms with E-state index in [9.17, 15) is 0 Å². The van der Waals surface area contributed by atoms with Gasteiger partial charge < -0.3 is 15.0 Å². The predicted molar refractivity (Wildman–Crippen MR) is 83.2 cm³/mol. The molecule has 2 rings (SSSR count). The van der Waals surface area contributed by atoms with Gasteiger partial charge in [0.1, 0.15) is 0 Å². The standard InChI is InChI=1S/C16H23N3O/c1-17-12-13-11-16(20-10-6-9-19(2)3)18-15-8-5-4-7-14(13)15/h4-5,7-8,11,17H,6,9-10,12H2,1-3H3. The Labute approximate surface area is 120 Å². The second-order valence-electron chi connectivity index (χ2n) is 5.17. The van der Waals surface area contributed by atoms with Gasteiger partial charge in [0.25, 0.3) is 0 Å². The van der Waals surface area contributed by atoms with Crippen LogP contribution in [0.2, 0.25) is 0 Å². The fourth-order valence-electron chi connectivity index (χ4n) is 2.19. The van der Waals surface area contributed by atoms with Crippen LogP contribution in [0.25, 0.3) is 10.9 Å². The zero-order chi connectivity index (χ0) is 14.4. The molecule has 1 N–H and O–H groups in total. The van der Waals surface area contributed by atoms with Crippen molar-refractivity contribution in [2.75, 3.05) is 34.3 Å². The lowest BCUT2D eigenvalue weighted by Crippen LogP contribution is -2.15. The summed E-state index contributed by atoms with van der Waals surface area (Å²) in [5.74, 6) is 0.715. The lowest BCUT2D eigenvalue weighted by atomic mass is 10.1. The molecule has 0 saturated heterocycles. The van der Waals surface area contributed by atoms with Gasteiger partial charge in [0.2, 0.25) is 5.88 Å². The maximum Gasteiger partial charge on any atom is 0.214 e. The lowest BCUT2D eigenvalue weighted by molar-refractivity contribution is 0.274. The predicted octanol–water partition coefficient (Wildman–Crippen LogP) is 2.28. The molecule has 0 atom stereocenters. The maximum atomic E-state index is 5.79. The molecule has 2 aromatic rings. The topological polar surface area (TPSA) is 37.4 Å². The van der Waals surface area contributed by atoms with Gasteiger partial charge in [-0.15, -0.1) is 0 Å². The molecule has 0 aliphatic rings. The molecule has 0 amide bonds. The van der Waals surface area contributed by atoms with Crippen molar-refractivity contribution in [2.24, 2.45) is 0 Å². The van der Waals surface area contributed by atoms with Crippen LogP contribution in [0.15, 0.2) is 30.3 Å². The normalized spacial score (nSPS) is 11.2. The smallest absolute Gasteiger partial charge is 0.214 e. The fraction of sp³-hybridized carbons (Fsp3) is 0.438. The Bertz CT molecular complexity index is 554. The number of fused-ring (bicyclic) bond motifs is 1. The zero-order valence-electron chi connectivity index (χ0n) is 12.5. The van der Waals surface area contributed by atoms with Crippen molar-refractivity contribution in [3.8, 4) is 5.88 Å². The molecular weight excluding hydrogens is 250 g/mol. The highest BCUT2D eigenvalue weighted by molar-refractivity contribution is 5.82. The first-order valence-corrected chi connectivity index (χ1v) is 7.01. The van der Waals surface area contributed by atoms with E-state index in [0.717, 1.165) is 25.0 Å². The number of hydrogen-bond donors (Lipinski definition) is 1. The third kappa shape index (κ3) is 3.92. The van der Waals surface area contributed by atoms with E-state index in [1.165, 1.54) is 10.9 Å². The lowest BCUT2D eigenvalue weighted by Gasteiger charge is -2.12. The van der Waals surface area contributed by atoms with Crippen LogP contribution < -0.4 is 10.1 Å². The quantitative estimate of drug-likeness (QED) is 0.785. The van der Waals surface area contributed by atoms with Crippen molar-refractivity contribution < 1.29 is 4.74 Å². The SMILES string of the molecule is CNCc1cc(OCCCN(C)C)nc2ccccc12. The molecule has 1 aromatic carbocycles. The van der Waals surface area contributed by atoms with E-state index in [-0.39, 0.29) is 0 Å². The van der Waals surface area contributed by atoms with Crippen molar-refractivity contribution in [3.05, 3.63) is 35.9 Å². The van der Waals surface area contributed by atoms with Crippen LogP contribution in [0, 0.1) is 0 Å². The van der Waals surface area contributed by atoms with Crippen molar-refractivity contribution in [1.29, 1.82) is 0 Å². The summed E-state index contributed by atoms with van der Waals surface area (Å²) in [6.07, 6.45) is 1.00. The second-order valence-corrected chi connectivity index (χ2v) is 5.17. The molecule has 0 saturated carbocycles. The van der Waals surface area contributed by atoms with E-state index in [2.05, 4.69) is 35.4 Å². The van der Waals surface area contributed by atoms with Crippen LogP contribution in [-0.4, -0.2) is 44.2 Å². The van der Waals surface area contributed by atoms with Crippen LogP contribution in [0.4, 0.5) is 0 Å². The van der Waals surface area contributed by atoms with Gasteiger partial charge in [-0.2, -0.15) is 0 Å². The maximum absolute atomic E-state index is 5.79. The van der Waals surface area contributed by atoms with Gasteiger partial charge >= 0.3 is 0 Å². The van der Waals surface area contributed by atoms with Crippen LogP contribution >= 0.6 is 0 Å². The summed E-state index contributed by atoms with van der Waals surface area (Å²) < 4.78 is 5.79. The molecule has 108 valence electrons. The minimum Gasteiger partial charge on any atom is -0.478 e. The molecule has 0 radical (unpaired) electrons. The van der Waals surface area contributed by atoms with E-state index >= 15 is 0 Å². The average Bonchev–Trinajstić information content (AvgIpc) is 2.44. The van der Waals surface area contributed by atoms with Gasteiger partial charge in [-0.1, -0.05) is 18.2 Å². The average molecular weight is 273 g/mol. The number of aromatic nitrogens is 1. The molecule has 0 fully saturated rings. The van der Waals surface area contributed by atoms with Gasteiger partial charge in [-0.05, 0) is 39.2 Å². The Morgan fingerprint density at radius 2 is 2.05 bits per heavy atom. The van der Waals surface area contributed by atoms with Crippen LogP contribution in [0.5, 0.6) is 5.88 Å². The summed E-state index contributed by atoms with van der Waals surface area (Å²) in [5.41, 5.74) is 2.21. The van der Waals surface area contributed by atoms with Crippen molar-refractivity contribution in [1.82, 2.24) is 15.2 Å². The molecule has 1 aromatic heterocycles. The number of ether oxygens (including phenoxy) is 1. The molecule has 0 spiro atoms. The monoisotopic (exact) mass is 273 g/mol. The first-order chi connectivity index (χ1) is 9.70. The largest absolute Gasteiger partial charge is 0.478 e. The Morgan fingerprint density at radius 1 is 1.25 bits per heavy atom. The summed E-state index contributed by atoms with van der Waals surface area (Å²) >= 11 is 0. The number of rotatable bonds is 7. The minimum absolute atomic E-state index is 0.697. The van der Waals surface area contributed by atoms with Crippen molar-refractivity contribution in [3.63, 3.8) is 0 Å². The van der Waals surface area contributed by atoms with E-state index in [0.29, 0.717) is 12.5 Å². The van der Waals surface area contributed by atoms with Gasteiger partial charge in [0.05, 0.1) is 12.1 Å². The number of hydrogen-bond acceptors (Lipinski definition) is 4. The third-order valence-corrected chi connectivity index (χ3v) is 3.15. The Hall–Kier alpha value is -1.65.